The molecule has 3 N–H and O–H groups in total. The summed E-state index contributed by atoms with van der Waals surface area (Å²) in [4.78, 5) is 20.7. The van der Waals surface area contributed by atoms with Gasteiger partial charge in [0.25, 0.3) is 5.91 Å². The number of nitrogens with zero attached hydrogens (tertiary/aromatic N) is 2. The van der Waals surface area contributed by atoms with Gasteiger partial charge in [-0.3, -0.25) is 15.0 Å². The summed E-state index contributed by atoms with van der Waals surface area (Å²) in [6.07, 6.45) is 4.09. The topological polar surface area (TPSA) is 95.3 Å². The van der Waals surface area contributed by atoms with Crippen molar-refractivity contribution in [3.63, 3.8) is 0 Å². The van der Waals surface area contributed by atoms with Crippen molar-refractivity contribution in [3.05, 3.63) is 59.9 Å². The highest BCUT2D eigenvalue weighted by atomic mass is 16.5. The molecular formula is C23H17N3O3. The van der Waals surface area contributed by atoms with E-state index in [9.17, 15) is 4.79 Å². The average molecular weight is 383 g/mol. The average Bonchev–Trinajstić information content (AvgIpc) is 3.54. The number of rotatable bonds is 3. The van der Waals surface area contributed by atoms with Crippen LogP contribution in [0.2, 0.25) is 0 Å². The van der Waals surface area contributed by atoms with E-state index in [1.165, 1.54) is 0 Å². The van der Waals surface area contributed by atoms with Gasteiger partial charge in [0.15, 0.2) is 0 Å². The molecule has 3 aromatic rings. The van der Waals surface area contributed by atoms with E-state index >= 15 is 0 Å². The Kier molecular flexibility index (Phi) is 5.22. The highest BCUT2D eigenvalue weighted by Gasteiger charge is 2.34. The van der Waals surface area contributed by atoms with Gasteiger partial charge in [0, 0.05) is 41.4 Å². The predicted octanol–water partition coefficient (Wildman–Crippen LogP) is 2.40. The van der Waals surface area contributed by atoms with Gasteiger partial charge in [0.2, 0.25) is 0 Å². The Hall–Kier alpha value is -3.71. The first kappa shape index (κ1) is 18.6. The molecule has 0 bridgehead atoms. The number of hydrogen-bond donors (Lipinski definition) is 3. The first-order valence-corrected chi connectivity index (χ1v) is 9.11. The Morgan fingerprint density at radius 1 is 1.21 bits per heavy atom. The second kappa shape index (κ2) is 8.12. The molecule has 1 aliphatic rings. The van der Waals surface area contributed by atoms with Crippen LogP contribution >= 0.6 is 0 Å². The van der Waals surface area contributed by atoms with E-state index in [1.54, 1.807) is 30.0 Å². The van der Waals surface area contributed by atoms with Gasteiger partial charge in [-0.05, 0) is 48.4 Å². The van der Waals surface area contributed by atoms with Crippen LogP contribution in [0.1, 0.15) is 22.3 Å². The van der Waals surface area contributed by atoms with Crippen molar-refractivity contribution in [2.24, 2.45) is 11.8 Å². The number of aliphatic hydroxyl groups is 1. The van der Waals surface area contributed by atoms with E-state index in [0.29, 0.717) is 28.1 Å². The summed E-state index contributed by atoms with van der Waals surface area (Å²) in [7, 11) is 0. The first-order chi connectivity index (χ1) is 14.2. The highest BCUT2D eigenvalue weighted by molar-refractivity contribution is 6.06. The molecule has 1 saturated carbocycles. The predicted molar refractivity (Wildman–Crippen MR) is 108 cm³/mol. The van der Waals surface area contributed by atoms with Crippen LogP contribution in [-0.4, -0.2) is 32.8 Å². The number of pyridine rings is 2. The molecule has 2 atom stereocenters. The van der Waals surface area contributed by atoms with Crippen LogP contribution in [0.25, 0.3) is 22.2 Å². The Bertz CT molecular complexity index is 1200. The molecule has 0 unspecified atom stereocenters. The maximum atomic E-state index is 12.0. The molecule has 4 rings (SSSR count). The van der Waals surface area contributed by atoms with Gasteiger partial charge in [-0.1, -0.05) is 24.0 Å². The Morgan fingerprint density at radius 3 is 2.76 bits per heavy atom. The zero-order valence-corrected chi connectivity index (χ0v) is 15.4. The number of carbonyl (C=O) groups excluding carboxylic acids is 1. The third kappa shape index (κ3) is 4.09. The van der Waals surface area contributed by atoms with Crippen LogP contribution in [0.3, 0.4) is 0 Å². The van der Waals surface area contributed by atoms with Crippen LogP contribution in [0.5, 0.6) is 0 Å². The van der Waals surface area contributed by atoms with Crippen LogP contribution in [0.4, 0.5) is 0 Å². The van der Waals surface area contributed by atoms with Gasteiger partial charge in [0.05, 0.1) is 16.8 Å². The van der Waals surface area contributed by atoms with Crippen molar-refractivity contribution in [3.8, 4) is 34.9 Å². The molecule has 6 heteroatoms. The molecule has 0 spiro atoms. The summed E-state index contributed by atoms with van der Waals surface area (Å²) < 4.78 is 0. The maximum absolute atomic E-state index is 12.0. The molecule has 2 heterocycles. The van der Waals surface area contributed by atoms with Crippen molar-refractivity contribution in [2.75, 3.05) is 6.61 Å². The van der Waals surface area contributed by atoms with Gasteiger partial charge in [-0.15, -0.1) is 0 Å². The molecule has 29 heavy (non-hydrogen) atoms. The van der Waals surface area contributed by atoms with Crippen LogP contribution < -0.4 is 5.48 Å². The summed E-state index contributed by atoms with van der Waals surface area (Å²) in [6.45, 7) is 0.190. The number of benzene rings is 1. The molecule has 0 aliphatic heterocycles. The van der Waals surface area contributed by atoms with E-state index in [4.69, 9.17) is 10.3 Å². The lowest BCUT2D eigenvalue weighted by molar-refractivity contribution is 0.0708. The summed E-state index contributed by atoms with van der Waals surface area (Å²) in [5, 5.41) is 18.6. The van der Waals surface area contributed by atoms with E-state index < -0.39 is 5.91 Å². The number of hydroxylamine groups is 1. The molecule has 0 saturated heterocycles. The number of fused-ring (bicyclic) bond motifs is 1. The fraction of sp³-hybridized carbons (Fsp3) is 0.174. The van der Waals surface area contributed by atoms with E-state index in [-0.39, 0.29) is 12.5 Å². The number of aliphatic hydroxyl groups excluding tert-OH is 1. The molecule has 6 nitrogen and oxygen atoms in total. The van der Waals surface area contributed by atoms with E-state index in [2.05, 4.69) is 33.6 Å². The normalized spacial score (nSPS) is 16.9. The summed E-state index contributed by atoms with van der Waals surface area (Å²) in [5.74, 6) is 11.7. The summed E-state index contributed by atoms with van der Waals surface area (Å²) in [6, 6.07) is 10.8. The Labute approximate surface area is 167 Å². The molecule has 1 fully saturated rings. The first-order valence-electron chi connectivity index (χ1n) is 9.11. The lowest BCUT2D eigenvalue weighted by atomic mass is 10.0. The maximum Gasteiger partial charge on any atom is 0.275 e. The second-order valence-electron chi connectivity index (χ2n) is 6.77. The zero-order valence-electron chi connectivity index (χ0n) is 15.4. The minimum absolute atomic E-state index is 0.190. The van der Waals surface area contributed by atoms with Crippen molar-refractivity contribution in [2.45, 2.75) is 6.42 Å². The van der Waals surface area contributed by atoms with Crippen molar-refractivity contribution < 1.29 is 15.1 Å². The smallest absolute Gasteiger partial charge is 0.275 e. The van der Waals surface area contributed by atoms with Crippen molar-refractivity contribution in [1.82, 2.24) is 15.4 Å². The second-order valence-corrected chi connectivity index (χ2v) is 6.77. The van der Waals surface area contributed by atoms with Crippen molar-refractivity contribution >= 4 is 16.8 Å². The lowest BCUT2D eigenvalue weighted by Gasteiger charge is -2.08. The van der Waals surface area contributed by atoms with E-state index in [0.717, 1.165) is 17.5 Å². The van der Waals surface area contributed by atoms with E-state index in [1.807, 2.05) is 24.3 Å². The summed E-state index contributed by atoms with van der Waals surface area (Å²) >= 11 is 0. The molecule has 1 amide bonds. The minimum atomic E-state index is -0.619. The number of aromatic nitrogens is 2. The SMILES string of the molecule is O=C(NO)c1cc(-c2ccc(C#CC#C[C@@H]3C[C@@H]3CO)cc2)nc2ccncc12. The molecule has 0 radical (unpaired) electrons. The standard InChI is InChI=1S/C23H17N3O3/c27-14-18-11-17(18)4-2-1-3-15-5-7-16(8-6-15)22-12-19(23(28)26-29)20-13-24-10-9-21(20)25-22/h5-10,12-13,17-18,27,29H,11,14H2,(H,26,28)/t17-,18-/m1/s1. The number of nitrogens with one attached hydrogen (secondary N) is 1. The van der Waals surface area contributed by atoms with Gasteiger partial charge in [-0.2, -0.15) is 0 Å². The number of hydrogen-bond acceptors (Lipinski definition) is 5. The molecular weight excluding hydrogens is 366 g/mol. The third-order valence-corrected chi connectivity index (χ3v) is 4.82. The fourth-order valence-electron chi connectivity index (χ4n) is 3.05. The molecule has 2 aromatic heterocycles. The highest BCUT2D eigenvalue weighted by Crippen LogP contribution is 2.36. The van der Waals surface area contributed by atoms with Crippen LogP contribution in [0, 0.1) is 35.5 Å². The quantitative estimate of drug-likeness (QED) is 0.367. The third-order valence-electron chi connectivity index (χ3n) is 4.82. The van der Waals surface area contributed by atoms with Gasteiger partial charge >= 0.3 is 0 Å². The Morgan fingerprint density at radius 2 is 2.03 bits per heavy atom. The zero-order chi connectivity index (χ0) is 20.2. The number of amides is 1. The van der Waals surface area contributed by atoms with Crippen LogP contribution in [0.15, 0.2) is 48.8 Å². The van der Waals surface area contributed by atoms with Gasteiger partial charge < -0.3 is 5.11 Å². The molecule has 1 aromatic carbocycles. The lowest BCUT2D eigenvalue weighted by Crippen LogP contribution is -2.19. The largest absolute Gasteiger partial charge is 0.396 e. The minimum Gasteiger partial charge on any atom is -0.396 e. The van der Waals surface area contributed by atoms with Crippen molar-refractivity contribution in [1.29, 1.82) is 0 Å². The summed E-state index contributed by atoms with van der Waals surface area (Å²) in [5.41, 5.74) is 4.80. The van der Waals surface area contributed by atoms with Gasteiger partial charge in [-0.25, -0.2) is 10.5 Å². The molecule has 142 valence electrons. The Balaban J connectivity index is 1.59. The number of carbonyl (C=O) groups is 1. The van der Waals surface area contributed by atoms with Gasteiger partial charge in [0.1, 0.15) is 0 Å². The molecule has 1 aliphatic carbocycles. The monoisotopic (exact) mass is 383 g/mol. The fourth-order valence-corrected chi connectivity index (χ4v) is 3.05. The van der Waals surface area contributed by atoms with Crippen LogP contribution in [-0.2, 0) is 0 Å².